The number of thioether (sulfide) groups is 1. The van der Waals surface area contributed by atoms with Gasteiger partial charge in [0.1, 0.15) is 0 Å². The second-order valence-electron chi connectivity index (χ2n) is 5.49. The third-order valence-electron chi connectivity index (χ3n) is 4.02. The summed E-state index contributed by atoms with van der Waals surface area (Å²) >= 11 is 2.06. The number of nitrogens with zero attached hydrogens (tertiary/aromatic N) is 2. The van der Waals surface area contributed by atoms with Crippen molar-refractivity contribution in [2.24, 2.45) is 5.92 Å². The highest BCUT2D eigenvalue weighted by molar-refractivity contribution is 7.99. The standard InChI is InChI=1S/C14H22N2OS/c1-2-6-13(5-1)16-9-14(8-15-16)17-10-12-4-3-7-18-11-12/h8-9,12-13H,1-7,10-11H2. The van der Waals surface area contributed by atoms with E-state index in [0.29, 0.717) is 6.04 Å². The van der Waals surface area contributed by atoms with Crippen LogP contribution in [0.4, 0.5) is 0 Å². The fourth-order valence-electron chi connectivity index (χ4n) is 2.92. The molecule has 2 heterocycles. The van der Waals surface area contributed by atoms with Gasteiger partial charge in [0.25, 0.3) is 0 Å². The molecule has 4 heteroatoms. The molecule has 1 unspecified atom stereocenters. The summed E-state index contributed by atoms with van der Waals surface area (Å²) in [6.07, 6.45) is 11.9. The highest BCUT2D eigenvalue weighted by atomic mass is 32.2. The van der Waals surface area contributed by atoms with Crippen molar-refractivity contribution >= 4 is 11.8 Å². The normalized spacial score (nSPS) is 25.4. The maximum absolute atomic E-state index is 5.89. The van der Waals surface area contributed by atoms with Gasteiger partial charge in [0, 0.05) is 5.92 Å². The lowest BCUT2D eigenvalue weighted by atomic mass is 10.1. The highest BCUT2D eigenvalue weighted by Gasteiger charge is 2.18. The van der Waals surface area contributed by atoms with Crippen LogP contribution in [-0.4, -0.2) is 27.9 Å². The van der Waals surface area contributed by atoms with Crippen LogP contribution in [0.1, 0.15) is 44.6 Å². The van der Waals surface area contributed by atoms with Crippen LogP contribution in [-0.2, 0) is 0 Å². The summed E-state index contributed by atoms with van der Waals surface area (Å²) in [7, 11) is 0. The summed E-state index contributed by atoms with van der Waals surface area (Å²) in [4.78, 5) is 0. The summed E-state index contributed by atoms with van der Waals surface area (Å²) in [6.45, 7) is 0.864. The summed E-state index contributed by atoms with van der Waals surface area (Å²) in [5.74, 6) is 4.28. The first-order valence-electron chi connectivity index (χ1n) is 7.16. The van der Waals surface area contributed by atoms with Crippen LogP contribution in [0.5, 0.6) is 5.75 Å². The molecule has 1 saturated heterocycles. The van der Waals surface area contributed by atoms with Gasteiger partial charge in [0.15, 0.2) is 5.75 Å². The predicted molar refractivity (Wildman–Crippen MR) is 75.3 cm³/mol. The van der Waals surface area contributed by atoms with Crippen LogP contribution in [0, 0.1) is 5.92 Å². The Morgan fingerprint density at radius 3 is 2.94 bits per heavy atom. The van der Waals surface area contributed by atoms with Crippen molar-refractivity contribution in [3.63, 3.8) is 0 Å². The molecule has 1 atom stereocenters. The minimum Gasteiger partial charge on any atom is -0.490 e. The van der Waals surface area contributed by atoms with Crippen LogP contribution in [0.15, 0.2) is 12.4 Å². The van der Waals surface area contributed by atoms with Crippen LogP contribution >= 0.6 is 11.8 Å². The molecular weight excluding hydrogens is 244 g/mol. The van der Waals surface area contributed by atoms with E-state index in [1.54, 1.807) is 0 Å². The maximum atomic E-state index is 5.89. The van der Waals surface area contributed by atoms with Crippen LogP contribution in [0.2, 0.25) is 0 Å². The zero-order valence-electron chi connectivity index (χ0n) is 10.9. The first-order chi connectivity index (χ1) is 8.92. The molecule has 1 aromatic rings. The molecule has 2 fully saturated rings. The van der Waals surface area contributed by atoms with Gasteiger partial charge in [0.2, 0.25) is 0 Å². The van der Waals surface area contributed by atoms with Crippen molar-refractivity contribution in [1.29, 1.82) is 0 Å². The quantitative estimate of drug-likeness (QED) is 0.834. The molecule has 1 aliphatic carbocycles. The summed E-state index contributed by atoms with van der Waals surface area (Å²) in [5.41, 5.74) is 0. The van der Waals surface area contributed by atoms with E-state index in [2.05, 4.69) is 27.7 Å². The van der Waals surface area contributed by atoms with Crippen molar-refractivity contribution in [2.75, 3.05) is 18.1 Å². The molecule has 2 aliphatic rings. The molecule has 0 amide bonds. The van der Waals surface area contributed by atoms with Crippen LogP contribution < -0.4 is 4.74 Å². The largest absolute Gasteiger partial charge is 0.490 e. The van der Waals surface area contributed by atoms with E-state index < -0.39 is 0 Å². The Kier molecular flexibility index (Phi) is 4.13. The first-order valence-corrected chi connectivity index (χ1v) is 8.32. The second kappa shape index (κ2) is 6.00. The zero-order valence-corrected chi connectivity index (χ0v) is 11.7. The average molecular weight is 266 g/mol. The molecule has 0 spiro atoms. The van der Waals surface area contributed by atoms with Crippen LogP contribution in [0.25, 0.3) is 0 Å². The fraction of sp³-hybridized carbons (Fsp3) is 0.786. The average Bonchev–Trinajstić information content (AvgIpc) is 3.08. The molecule has 1 saturated carbocycles. The van der Waals surface area contributed by atoms with E-state index in [0.717, 1.165) is 18.3 Å². The van der Waals surface area contributed by atoms with Gasteiger partial charge in [-0.25, -0.2) is 0 Å². The van der Waals surface area contributed by atoms with E-state index in [-0.39, 0.29) is 0 Å². The number of hydrogen-bond donors (Lipinski definition) is 0. The van der Waals surface area contributed by atoms with E-state index >= 15 is 0 Å². The van der Waals surface area contributed by atoms with Gasteiger partial charge < -0.3 is 4.74 Å². The van der Waals surface area contributed by atoms with Crippen molar-refractivity contribution in [1.82, 2.24) is 9.78 Å². The minimum atomic E-state index is 0.618. The molecule has 100 valence electrons. The third kappa shape index (κ3) is 3.02. The van der Waals surface area contributed by atoms with E-state index in [1.165, 1.54) is 50.0 Å². The molecule has 3 nitrogen and oxygen atoms in total. The zero-order chi connectivity index (χ0) is 12.2. The molecule has 3 rings (SSSR count). The third-order valence-corrected chi connectivity index (χ3v) is 5.30. The lowest BCUT2D eigenvalue weighted by Crippen LogP contribution is -2.18. The Morgan fingerprint density at radius 1 is 1.28 bits per heavy atom. The van der Waals surface area contributed by atoms with E-state index in [4.69, 9.17) is 4.74 Å². The van der Waals surface area contributed by atoms with E-state index in [1.807, 2.05) is 6.20 Å². The van der Waals surface area contributed by atoms with Gasteiger partial charge in [-0.1, -0.05) is 12.8 Å². The molecule has 0 N–H and O–H groups in total. The number of ether oxygens (including phenoxy) is 1. The van der Waals surface area contributed by atoms with Gasteiger partial charge in [-0.15, -0.1) is 0 Å². The molecule has 1 aliphatic heterocycles. The van der Waals surface area contributed by atoms with Gasteiger partial charge >= 0.3 is 0 Å². The first kappa shape index (κ1) is 12.4. The van der Waals surface area contributed by atoms with Crippen molar-refractivity contribution in [2.45, 2.75) is 44.6 Å². The molecule has 1 aromatic heterocycles. The lowest BCUT2D eigenvalue weighted by molar-refractivity contribution is 0.252. The van der Waals surface area contributed by atoms with Gasteiger partial charge in [-0.3, -0.25) is 4.68 Å². The smallest absolute Gasteiger partial charge is 0.157 e. The van der Waals surface area contributed by atoms with Gasteiger partial charge in [-0.2, -0.15) is 16.9 Å². The Hall–Kier alpha value is -0.640. The maximum Gasteiger partial charge on any atom is 0.157 e. The summed E-state index contributed by atoms with van der Waals surface area (Å²) in [5, 5.41) is 4.45. The molecular formula is C14H22N2OS. The Bertz CT molecular complexity index is 368. The van der Waals surface area contributed by atoms with Crippen molar-refractivity contribution in [3.05, 3.63) is 12.4 Å². The molecule has 18 heavy (non-hydrogen) atoms. The van der Waals surface area contributed by atoms with Crippen molar-refractivity contribution < 1.29 is 4.74 Å². The predicted octanol–water partition coefficient (Wildman–Crippen LogP) is 3.52. The summed E-state index contributed by atoms with van der Waals surface area (Å²) < 4.78 is 8.00. The van der Waals surface area contributed by atoms with Crippen LogP contribution in [0.3, 0.4) is 0 Å². The topological polar surface area (TPSA) is 27.1 Å². The fourth-order valence-corrected chi connectivity index (χ4v) is 4.05. The monoisotopic (exact) mass is 266 g/mol. The SMILES string of the molecule is c1nn(C2CCCC2)cc1OCC1CCCSC1. The van der Waals surface area contributed by atoms with Gasteiger partial charge in [0.05, 0.1) is 25.0 Å². The van der Waals surface area contributed by atoms with Gasteiger partial charge in [-0.05, 0) is 37.2 Å². The number of rotatable bonds is 4. The number of hydrogen-bond acceptors (Lipinski definition) is 3. The molecule has 0 aromatic carbocycles. The molecule has 0 radical (unpaired) electrons. The van der Waals surface area contributed by atoms with E-state index in [9.17, 15) is 0 Å². The highest BCUT2D eigenvalue weighted by Crippen LogP contribution is 2.30. The Labute approximate surface area is 113 Å². The Morgan fingerprint density at radius 2 is 2.17 bits per heavy atom. The Balaban J connectivity index is 1.50. The lowest BCUT2D eigenvalue weighted by Gasteiger charge is -2.20. The van der Waals surface area contributed by atoms with Crippen molar-refractivity contribution in [3.8, 4) is 5.75 Å². The summed E-state index contributed by atoms with van der Waals surface area (Å²) in [6, 6.07) is 0.618. The number of aromatic nitrogens is 2. The minimum absolute atomic E-state index is 0.618. The second-order valence-corrected chi connectivity index (χ2v) is 6.64. The molecule has 0 bridgehead atoms.